The fourth-order valence-corrected chi connectivity index (χ4v) is 2.17. The molecule has 0 bridgehead atoms. The number of ether oxygens (including phenoxy) is 2. The lowest BCUT2D eigenvalue weighted by atomic mass is 10.2. The van der Waals surface area contributed by atoms with Crippen LogP contribution in [0.15, 0.2) is 17.0 Å². The largest absolute Gasteiger partial charge is 0.479 e. The summed E-state index contributed by atoms with van der Waals surface area (Å²) in [5.41, 5.74) is 5.09. The first kappa shape index (κ1) is 18.8. The van der Waals surface area contributed by atoms with Crippen LogP contribution in [-0.2, 0) is 9.47 Å². The monoisotopic (exact) mass is 304 g/mol. The van der Waals surface area contributed by atoms with E-state index in [2.05, 4.69) is 23.8 Å². The molecule has 0 unspecified atom stereocenters. The lowest BCUT2D eigenvalue weighted by molar-refractivity contribution is 0.0605. The number of carbonyl (C=O) groups excluding carboxylic acids is 1. The molecule has 0 rings (SSSR count). The fraction of sp³-hybridized carbons (Fsp3) is 0.714. The number of rotatable bonds is 6. The van der Waals surface area contributed by atoms with E-state index in [0.29, 0.717) is 6.61 Å². The summed E-state index contributed by atoms with van der Waals surface area (Å²) < 4.78 is 10.3. The van der Waals surface area contributed by atoms with E-state index in [9.17, 15) is 4.79 Å². The van der Waals surface area contributed by atoms with E-state index in [1.54, 1.807) is 20.8 Å². The summed E-state index contributed by atoms with van der Waals surface area (Å²) >= 11 is 0. The molecule has 0 aliphatic carbocycles. The Morgan fingerprint density at radius 3 is 2.40 bits per heavy atom. The highest BCUT2D eigenvalue weighted by Crippen LogP contribution is 2.34. The Bertz CT molecular complexity index is 366. The van der Waals surface area contributed by atoms with E-state index >= 15 is 0 Å². The van der Waals surface area contributed by atoms with Gasteiger partial charge < -0.3 is 15.2 Å². The summed E-state index contributed by atoms with van der Waals surface area (Å²) in [6, 6.07) is 0. The van der Waals surface area contributed by atoms with Gasteiger partial charge in [-0.05, 0) is 51.7 Å². The zero-order valence-electron chi connectivity index (χ0n) is 13.4. The van der Waals surface area contributed by atoms with Gasteiger partial charge in [0.2, 0.25) is 0 Å². The molecule has 0 aromatic rings. The Balaban J connectivity index is 3.99. The van der Waals surface area contributed by atoms with E-state index < -0.39 is 21.7 Å². The van der Waals surface area contributed by atoms with Crippen LogP contribution in [0, 0.1) is 0 Å². The number of hydrogen-bond donors (Lipinski definition) is 1. The number of carbonyl (C=O) groups is 1. The third-order valence-electron chi connectivity index (χ3n) is 1.98. The van der Waals surface area contributed by atoms with Crippen LogP contribution in [0.2, 0.25) is 0 Å². The number of amides is 1. The highest BCUT2D eigenvalue weighted by Gasteiger charge is 2.14. The van der Waals surface area contributed by atoms with Crippen LogP contribution in [0.25, 0.3) is 0 Å². The third-order valence-corrected chi connectivity index (χ3v) is 3.50. The van der Waals surface area contributed by atoms with Crippen molar-refractivity contribution >= 4 is 22.3 Å². The van der Waals surface area contributed by atoms with Gasteiger partial charge in [0.1, 0.15) is 5.60 Å². The quantitative estimate of drug-likeness (QED) is 0.465. The Morgan fingerprint density at radius 2 is 1.90 bits per heavy atom. The highest BCUT2D eigenvalue weighted by molar-refractivity contribution is 8.32. The van der Waals surface area contributed by atoms with Crippen LogP contribution in [-0.4, -0.2) is 49.0 Å². The topological polar surface area (TPSA) is 73.9 Å². The number of hydrogen-bond acceptors (Lipinski definition) is 4. The van der Waals surface area contributed by atoms with Crippen molar-refractivity contribution in [2.24, 2.45) is 10.7 Å². The zero-order chi connectivity index (χ0) is 15.8. The van der Waals surface area contributed by atoms with Gasteiger partial charge in [-0.15, -0.1) is 0 Å². The molecule has 0 radical (unpaired) electrons. The second-order valence-electron chi connectivity index (χ2n) is 6.32. The van der Waals surface area contributed by atoms with Crippen LogP contribution in [0.4, 0.5) is 4.79 Å². The predicted octanol–water partition coefficient (Wildman–Crippen LogP) is 2.89. The predicted molar refractivity (Wildman–Crippen MR) is 87.8 cm³/mol. The Kier molecular flexibility index (Phi) is 7.71. The molecule has 0 aromatic carbocycles. The minimum absolute atomic E-state index is 0.251. The van der Waals surface area contributed by atoms with Crippen molar-refractivity contribution < 1.29 is 14.3 Å². The normalized spacial score (nSPS) is 14.4. The van der Waals surface area contributed by atoms with Gasteiger partial charge in [0.25, 0.3) is 0 Å². The van der Waals surface area contributed by atoms with Crippen LogP contribution >= 0.6 is 10.0 Å². The zero-order valence-corrected chi connectivity index (χ0v) is 14.3. The molecule has 0 heterocycles. The molecule has 0 atom stereocenters. The molecule has 0 fully saturated rings. The van der Waals surface area contributed by atoms with Gasteiger partial charge in [0, 0.05) is 12.3 Å². The molecular formula is C14H28N2O3S. The molecule has 5 nitrogen and oxygen atoms in total. The summed E-state index contributed by atoms with van der Waals surface area (Å²) in [6.07, 6.45) is 9.86. The molecular weight excluding hydrogens is 276 g/mol. The third kappa shape index (κ3) is 13.3. The van der Waals surface area contributed by atoms with Crippen molar-refractivity contribution in [3.8, 4) is 0 Å². The summed E-state index contributed by atoms with van der Waals surface area (Å²) in [4.78, 5) is 14.9. The molecule has 0 aliphatic rings. The van der Waals surface area contributed by atoms with Gasteiger partial charge in [-0.3, -0.25) is 0 Å². The van der Waals surface area contributed by atoms with E-state index in [1.165, 1.54) is 12.3 Å². The van der Waals surface area contributed by atoms with Crippen LogP contribution in [0.5, 0.6) is 0 Å². The summed E-state index contributed by atoms with van der Waals surface area (Å²) in [6.45, 7) is 5.92. The van der Waals surface area contributed by atoms with Gasteiger partial charge in [-0.1, -0.05) is 0 Å². The van der Waals surface area contributed by atoms with Crippen molar-refractivity contribution in [3.05, 3.63) is 12.0 Å². The fourth-order valence-electron chi connectivity index (χ4n) is 1.19. The van der Waals surface area contributed by atoms with Crippen molar-refractivity contribution in [2.75, 3.05) is 31.1 Å². The number of allylic oxidation sites excluding steroid dienone is 1. The molecule has 0 aromatic heterocycles. The number of nitrogens with zero attached hydrogens (tertiary/aromatic N) is 1. The maximum atomic E-state index is 11.3. The van der Waals surface area contributed by atoms with Gasteiger partial charge >= 0.3 is 6.09 Å². The van der Waals surface area contributed by atoms with Gasteiger partial charge in [0.15, 0.2) is 5.88 Å². The van der Waals surface area contributed by atoms with Gasteiger partial charge in [-0.2, -0.15) is 4.99 Å². The molecule has 0 saturated heterocycles. The molecule has 6 heteroatoms. The van der Waals surface area contributed by atoms with Crippen LogP contribution < -0.4 is 5.73 Å². The molecule has 0 aliphatic heterocycles. The van der Waals surface area contributed by atoms with E-state index in [4.69, 9.17) is 15.2 Å². The molecule has 2 N–H and O–H groups in total. The Labute approximate surface area is 123 Å². The first-order valence-electron chi connectivity index (χ1n) is 6.51. The van der Waals surface area contributed by atoms with Gasteiger partial charge in [-0.25, -0.2) is 14.8 Å². The lowest BCUT2D eigenvalue weighted by Gasteiger charge is -2.24. The number of aliphatic imine (C=N–C) groups is 1. The van der Waals surface area contributed by atoms with Crippen molar-refractivity contribution in [2.45, 2.75) is 32.8 Å². The first-order chi connectivity index (χ1) is 8.99. The van der Waals surface area contributed by atoms with Crippen molar-refractivity contribution in [1.29, 1.82) is 0 Å². The smallest absolute Gasteiger partial charge is 0.434 e. The molecule has 118 valence electrons. The molecule has 20 heavy (non-hydrogen) atoms. The van der Waals surface area contributed by atoms with Gasteiger partial charge in [0.05, 0.1) is 6.61 Å². The minimum atomic E-state index is -0.641. The lowest BCUT2D eigenvalue weighted by Crippen LogP contribution is -2.21. The second kappa shape index (κ2) is 8.19. The van der Waals surface area contributed by atoms with Crippen molar-refractivity contribution in [3.63, 3.8) is 0 Å². The van der Waals surface area contributed by atoms with E-state index in [1.807, 2.05) is 0 Å². The second-order valence-corrected chi connectivity index (χ2v) is 10.9. The van der Waals surface area contributed by atoms with Crippen LogP contribution in [0.3, 0.4) is 0 Å². The average molecular weight is 304 g/mol. The summed E-state index contributed by atoms with van der Waals surface area (Å²) in [5.74, 6) is 1.40. The standard InChI is InChI=1S/C14H28N2O3S/c1-14(2,3)19-13(17)16-9-8-12(15)18-10-7-11-20(4,5)6/h8-9H,7,10-11,15H2,1-6H3/b12-8+,16-9+. The Morgan fingerprint density at radius 1 is 1.30 bits per heavy atom. The average Bonchev–Trinajstić information content (AvgIpc) is 2.20. The van der Waals surface area contributed by atoms with E-state index in [0.717, 1.165) is 12.2 Å². The molecule has 0 spiro atoms. The summed E-state index contributed by atoms with van der Waals surface area (Å²) in [7, 11) is -0.495. The molecule has 1 amide bonds. The molecule has 0 saturated carbocycles. The maximum Gasteiger partial charge on any atom is 0.434 e. The Hall–Kier alpha value is -1.17. The summed E-state index contributed by atoms with van der Waals surface area (Å²) in [5, 5.41) is 0. The van der Waals surface area contributed by atoms with Crippen LogP contribution in [0.1, 0.15) is 27.2 Å². The van der Waals surface area contributed by atoms with E-state index in [-0.39, 0.29) is 5.88 Å². The highest BCUT2D eigenvalue weighted by atomic mass is 32.3. The SMILES string of the molecule is CC(C)(C)OC(=O)/N=C/C=C(\N)OCCCS(C)(C)C. The number of nitrogens with two attached hydrogens (primary N) is 1. The van der Waals surface area contributed by atoms with Crippen molar-refractivity contribution in [1.82, 2.24) is 0 Å². The minimum Gasteiger partial charge on any atom is -0.479 e. The maximum absolute atomic E-state index is 11.3. The first-order valence-corrected chi connectivity index (χ1v) is 9.54.